The molecule has 3 N–H and O–H groups in total. The summed E-state index contributed by atoms with van der Waals surface area (Å²) in [6.07, 6.45) is 0.628. The van der Waals surface area contributed by atoms with Gasteiger partial charge < -0.3 is 15.6 Å². The summed E-state index contributed by atoms with van der Waals surface area (Å²) in [5, 5.41) is 10.3. The van der Waals surface area contributed by atoms with E-state index in [9.17, 15) is 14.7 Å². The summed E-state index contributed by atoms with van der Waals surface area (Å²) in [4.78, 5) is 28.6. The molecule has 166 valence electrons. The molecule has 0 amide bonds. The second-order valence-electron chi connectivity index (χ2n) is 7.76. The molecule has 1 unspecified atom stereocenters. The zero-order chi connectivity index (χ0) is 23.2. The molecule has 0 aliphatic rings. The Kier molecular flexibility index (Phi) is 6.76. The number of benzene rings is 3. The Balaban J connectivity index is 1.62. The molecule has 1 heterocycles. The summed E-state index contributed by atoms with van der Waals surface area (Å²) in [6, 6.07) is 25.1. The first-order chi connectivity index (χ1) is 16.0. The lowest BCUT2D eigenvalue weighted by atomic mass is 9.95. The van der Waals surface area contributed by atoms with E-state index < -0.39 is 12.0 Å². The van der Waals surface area contributed by atoms with Crippen LogP contribution in [0, 0.1) is 0 Å². The minimum Gasteiger partial charge on any atom is -0.487 e. The van der Waals surface area contributed by atoms with Gasteiger partial charge in [0.1, 0.15) is 23.6 Å². The Bertz CT molecular complexity index is 1270. The van der Waals surface area contributed by atoms with Gasteiger partial charge in [0, 0.05) is 23.4 Å². The first kappa shape index (κ1) is 22.2. The minimum absolute atomic E-state index is 0.00486. The van der Waals surface area contributed by atoms with Crippen molar-refractivity contribution in [3.8, 4) is 5.75 Å². The highest BCUT2D eigenvalue weighted by Gasteiger charge is 2.19. The molecule has 0 saturated carbocycles. The van der Waals surface area contributed by atoms with Crippen LogP contribution in [0.25, 0.3) is 10.9 Å². The fourth-order valence-electron chi connectivity index (χ4n) is 3.73. The number of aromatic nitrogens is 1. The molecule has 3 aromatic carbocycles. The van der Waals surface area contributed by atoms with E-state index in [0.29, 0.717) is 40.8 Å². The molecule has 0 saturated heterocycles. The topological polar surface area (TPSA) is 103 Å². The summed E-state index contributed by atoms with van der Waals surface area (Å²) in [7, 11) is 0. The van der Waals surface area contributed by atoms with Crippen molar-refractivity contribution >= 4 is 22.7 Å². The molecule has 33 heavy (non-hydrogen) atoms. The number of carboxylic acids is 1. The Hall–Kier alpha value is -4.03. The van der Waals surface area contributed by atoms with E-state index in [1.165, 1.54) is 6.07 Å². The molecule has 1 atom stereocenters. The van der Waals surface area contributed by atoms with E-state index in [0.717, 1.165) is 5.56 Å². The second-order valence-corrected chi connectivity index (χ2v) is 7.76. The van der Waals surface area contributed by atoms with E-state index in [1.807, 2.05) is 60.7 Å². The highest BCUT2D eigenvalue weighted by Crippen LogP contribution is 2.32. The Morgan fingerprint density at radius 1 is 0.939 bits per heavy atom. The number of nitrogens with zero attached hydrogens (tertiary/aromatic N) is 1. The Labute approximate surface area is 191 Å². The maximum Gasteiger partial charge on any atom is 0.354 e. The zero-order valence-corrected chi connectivity index (χ0v) is 18.0. The maximum absolute atomic E-state index is 12.5. The molecule has 0 fully saturated rings. The highest BCUT2D eigenvalue weighted by molar-refractivity contribution is 5.96. The van der Waals surface area contributed by atoms with Crippen molar-refractivity contribution in [2.75, 3.05) is 0 Å². The van der Waals surface area contributed by atoms with Gasteiger partial charge in [0.2, 0.25) is 0 Å². The van der Waals surface area contributed by atoms with Crippen molar-refractivity contribution < 1.29 is 19.4 Å². The van der Waals surface area contributed by atoms with Crippen molar-refractivity contribution in [1.82, 2.24) is 4.98 Å². The quantitative estimate of drug-likeness (QED) is 0.348. The number of carboxylic acid groups (broad SMARTS) is 1. The van der Waals surface area contributed by atoms with Crippen molar-refractivity contribution in [2.45, 2.75) is 25.5 Å². The summed E-state index contributed by atoms with van der Waals surface area (Å²) in [5.41, 5.74) is 9.03. The van der Waals surface area contributed by atoms with Crippen LogP contribution in [0.5, 0.6) is 5.75 Å². The van der Waals surface area contributed by atoms with Crippen LogP contribution in [-0.4, -0.2) is 21.8 Å². The lowest BCUT2D eigenvalue weighted by Gasteiger charge is -2.17. The fraction of sp³-hybridized carbons (Fsp3) is 0.148. The minimum atomic E-state index is -1.15. The van der Waals surface area contributed by atoms with Crippen LogP contribution in [-0.2, 0) is 6.61 Å². The normalized spacial score (nSPS) is 11.8. The van der Waals surface area contributed by atoms with Crippen LogP contribution in [0.1, 0.15) is 50.9 Å². The molecule has 1 aromatic heterocycles. The number of Topliss-reactive ketones (excluding diaryl/α,β-unsaturated/α-hetero) is 1. The third-order valence-corrected chi connectivity index (χ3v) is 5.47. The van der Waals surface area contributed by atoms with Gasteiger partial charge in [0.25, 0.3) is 0 Å². The Morgan fingerprint density at radius 3 is 2.33 bits per heavy atom. The van der Waals surface area contributed by atoms with Crippen LogP contribution in [0.4, 0.5) is 0 Å². The number of hydrogen-bond acceptors (Lipinski definition) is 5. The molecule has 0 radical (unpaired) electrons. The van der Waals surface area contributed by atoms with Crippen molar-refractivity contribution in [3.05, 3.63) is 107 Å². The third-order valence-electron chi connectivity index (χ3n) is 5.47. The molecule has 4 aromatic rings. The summed E-state index contributed by atoms with van der Waals surface area (Å²) in [6.45, 7) is 0.325. The highest BCUT2D eigenvalue weighted by atomic mass is 16.5. The number of nitrogens with two attached hydrogens (primary N) is 1. The summed E-state index contributed by atoms with van der Waals surface area (Å²) < 4.78 is 5.98. The third kappa shape index (κ3) is 5.25. The van der Waals surface area contributed by atoms with E-state index in [-0.39, 0.29) is 17.9 Å². The SMILES string of the molecule is NC(CCC(=O)c1ccccc1)c1cc(C(=O)O)nc2c(OCc3ccccc3)cccc12. The number of ketones is 1. The standard InChI is InChI=1S/C27H24N2O4/c28-22(14-15-24(30)19-10-5-2-6-11-19)21-16-23(27(31)32)29-26-20(21)12-7-13-25(26)33-17-18-8-3-1-4-9-18/h1-13,16,22H,14-15,17,28H2,(H,31,32). The molecule has 6 heteroatoms. The molecular weight excluding hydrogens is 416 g/mol. The predicted molar refractivity (Wildman–Crippen MR) is 126 cm³/mol. The van der Waals surface area contributed by atoms with E-state index >= 15 is 0 Å². The van der Waals surface area contributed by atoms with Gasteiger partial charge in [0.05, 0.1) is 0 Å². The van der Waals surface area contributed by atoms with Crippen LogP contribution in [0.2, 0.25) is 0 Å². The van der Waals surface area contributed by atoms with Gasteiger partial charge in [-0.05, 0) is 29.7 Å². The van der Waals surface area contributed by atoms with Crippen LogP contribution in [0.15, 0.2) is 84.9 Å². The molecule has 4 rings (SSSR count). The predicted octanol–water partition coefficient (Wildman–Crippen LogP) is 5.17. The number of para-hydroxylation sites is 1. The van der Waals surface area contributed by atoms with Gasteiger partial charge in [-0.3, -0.25) is 4.79 Å². The van der Waals surface area contributed by atoms with Gasteiger partial charge >= 0.3 is 5.97 Å². The number of carbonyl (C=O) groups is 2. The summed E-state index contributed by atoms with van der Waals surface area (Å²) >= 11 is 0. The first-order valence-electron chi connectivity index (χ1n) is 10.7. The number of ether oxygens (including phenoxy) is 1. The van der Waals surface area contributed by atoms with E-state index in [4.69, 9.17) is 10.5 Å². The number of carbonyl (C=O) groups excluding carboxylic acids is 1. The molecule has 0 bridgehead atoms. The molecule has 6 nitrogen and oxygen atoms in total. The fourth-order valence-corrected chi connectivity index (χ4v) is 3.73. The average Bonchev–Trinajstić information content (AvgIpc) is 2.86. The lowest BCUT2D eigenvalue weighted by molar-refractivity contribution is 0.0690. The summed E-state index contributed by atoms with van der Waals surface area (Å²) in [5.74, 6) is -0.674. The number of hydrogen-bond donors (Lipinski definition) is 2. The number of pyridine rings is 1. The van der Waals surface area contributed by atoms with Gasteiger partial charge in [0.15, 0.2) is 5.78 Å². The number of aromatic carboxylic acids is 1. The van der Waals surface area contributed by atoms with Crippen molar-refractivity contribution in [3.63, 3.8) is 0 Å². The van der Waals surface area contributed by atoms with Crippen molar-refractivity contribution in [2.24, 2.45) is 5.73 Å². The Morgan fingerprint density at radius 2 is 1.64 bits per heavy atom. The average molecular weight is 440 g/mol. The zero-order valence-electron chi connectivity index (χ0n) is 18.0. The van der Waals surface area contributed by atoms with Crippen LogP contribution in [0.3, 0.4) is 0 Å². The van der Waals surface area contributed by atoms with Gasteiger partial charge in [-0.2, -0.15) is 0 Å². The molecule has 0 aliphatic carbocycles. The lowest BCUT2D eigenvalue weighted by Crippen LogP contribution is -2.15. The second kappa shape index (κ2) is 10.1. The van der Waals surface area contributed by atoms with Crippen molar-refractivity contribution in [1.29, 1.82) is 0 Å². The van der Waals surface area contributed by atoms with E-state index in [2.05, 4.69) is 4.98 Å². The number of fused-ring (bicyclic) bond motifs is 1. The van der Waals surface area contributed by atoms with Crippen LogP contribution < -0.4 is 10.5 Å². The first-order valence-corrected chi connectivity index (χ1v) is 10.7. The van der Waals surface area contributed by atoms with Gasteiger partial charge in [-0.15, -0.1) is 0 Å². The van der Waals surface area contributed by atoms with Crippen LogP contribution >= 0.6 is 0 Å². The van der Waals surface area contributed by atoms with E-state index in [1.54, 1.807) is 18.2 Å². The van der Waals surface area contributed by atoms with Gasteiger partial charge in [-0.25, -0.2) is 9.78 Å². The molecule has 0 aliphatic heterocycles. The molecule has 0 spiro atoms. The molecular formula is C27H24N2O4. The largest absolute Gasteiger partial charge is 0.487 e. The maximum atomic E-state index is 12.5. The monoisotopic (exact) mass is 440 g/mol. The van der Waals surface area contributed by atoms with Gasteiger partial charge in [-0.1, -0.05) is 72.8 Å². The number of rotatable bonds is 9. The smallest absolute Gasteiger partial charge is 0.354 e.